The SMILES string of the molecule is COCc1nc(NN)cc(N2CC(C)C(C)C2)n1. The van der Waals surface area contributed by atoms with E-state index in [4.69, 9.17) is 10.6 Å². The fraction of sp³-hybridized carbons (Fsp3) is 0.667. The molecule has 1 aromatic rings. The van der Waals surface area contributed by atoms with Crippen molar-refractivity contribution < 1.29 is 4.74 Å². The van der Waals surface area contributed by atoms with Gasteiger partial charge in [0.1, 0.15) is 18.2 Å². The third-order valence-corrected chi connectivity index (χ3v) is 3.49. The van der Waals surface area contributed by atoms with Crippen molar-refractivity contribution in [1.82, 2.24) is 9.97 Å². The number of nitrogens with two attached hydrogens (primary N) is 1. The molecule has 2 unspecified atom stereocenters. The molecule has 6 heteroatoms. The molecule has 2 heterocycles. The van der Waals surface area contributed by atoms with Gasteiger partial charge in [-0.2, -0.15) is 0 Å². The predicted molar refractivity (Wildman–Crippen MR) is 71.1 cm³/mol. The number of methoxy groups -OCH3 is 1. The summed E-state index contributed by atoms with van der Waals surface area (Å²) in [6, 6.07) is 1.88. The molecule has 0 bridgehead atoms. The topological polar surface area (TPSA) is 76.3 Å². The van der Waals surface area contributed by atoms with E-state index in [2.05, 4.69) is 34.1 Å². The van der Waals surface area contributed by atoms with Gasteiger partial charge in [0.05, 0.1) is 0 Å². The van der Waals surface area contributed by atoms with Gasteiger partial charge in [0.15, 0.2) is 5.82 Å². The number of ether oxygens (including phenoxy) is 1. The summed E-state index contributed by atoms with van der Waals surface area (Å²) in [5.41, 5.74) is 2.58. The van der Waals surface area contributed by atoms with Crippen LogP contribution >= 0.6 is 0 Å². The molecule has 18 heavy (non-hydrogen) atoms. The van der Waals surface area contributed by atoms with Gasteiger partial charge in [-0.3, -0.25) is 0 Å². The van der Waals surface area contributed by atoms with E-state index in [-0.39, 0.29) is 0 Å². The highest BCUT2D eigenvalue weighted by Crippen LogP contribution is 2.27. The summed E-state index contributed by atoms with van der Waals surface area (Å²) in [4.78, 5) is 11.0. The Balaban J connectivity index is 2.24. The summed E-state index contributed by atoms with van der Waals surface area (Å²) in [5, 5.41) is 0. The van der Waals surface area contributed by atoms with E-state index in [1.807, 2.05) is 6.07 Å². The van der Waals surface area contributed by atoms with Crippen LogP contribution in [-0.2, 0) is 11.3 Å². The minimum atomic E-state index is 0.390. The third kappa shape index (κ3) is 2.70. The molecule has 1 aliphatic rings. The number of hydrogen-bond donors (Lipinski definition) is 2. The Kier molecular flexibility index (Phi) is 3.98. The largest absolute Gasteiger partial charge is 0.377 e. The number of anilines is 2. The lowest BCUT2D eigenvalue weighted by Crippen LogP contribution is -2.22. The van der Waals surface area contributed by atoms with Crippen molar-refractivity contribution >= 4 is 11.6 Å². The normalized spacial score (nSPS) is 23.4. The van der Waals surface area contributed by atoms with E-state index in [0.29, 0.717) is 30.1 Å². The van der Waals surface area contributed by atoms with E-state index in [1.54, 1.807) is 7.11 Å². The van der Waals surface area contributed by atoms with Crippen LogP contribution in [0.3, 0.4) is 0 Å². The van der Waals surface area contributed by atoms with Crippen molar-refractivity contribution in [1.29, 1.82) is 0 Å². The molecule has 0 amide bonds. The number of nitrogens with one attached hydrogen (secondary N) is 1. The molecule has 0 spiro atoms. The number of hydrogen-bond acceptors (Lipinski definition) is 6. The lowest BCUT2D eigenvalue weighted by atomic mass is 10.0. The van der Waals surface area contributed by atoms with Crippen molar-refractivity contribution in [3.8, 4) is 0 Å². The molecule has 1 aromatic heterocycles. The Bertz CT molecular complexity index is 401. The fourth-order valence-electron chi connectivity index (χ4n) is 2.23. The molecule has 0 aromatic carbocycles. The molecule has 1 saturated heterocycles. The summed E-state index contributed by atoms with van der Waals surface area (Å²) in [7, 11) is 1.63. The Labute approximate surface area is 108 Å². The van der Waals surface area contributed by atoms with Crippen LogP contribution in [0.4, 0.5) is 11.6 Å². The van der Waals surface area contributed by atoms with Crippen molar-refractivity contribution in [3.05, 3.63) is 11.9 Å². The zero-order valence-corrected chi connectivity index (χ0v) is 11.2. The maximum atomic E-state index is 5.44. The molecular formula is C12H21N5O. The van der Waals surface area contributed by atoms with Crippen LogP contribution < -0.4 is 16.2 Å². The number of nitrogens with zero attached hydrogens (tertiary/aromatic N) is 3. The van der Waals surface area contributed by atoms with Crippen LogP contribution in [0.5, 0.6) is 0 Å². The minimum absolute atomic E-state index is 0.390. The molecule has 6 nitrogen and oxygen atoms in total. The summed E-state index contributed by atoms with van der Waals surface area (Å²) >= 11 is 0. The second-order valence-corrected chi connectivity index (χ2v) is 4.96. The molecule has 1 aliphatic heterocycles. The molecule has 3 N–H and O–H groups in total. The second-order valence-electron chi connectivity index (χ2n) is 4.96. The Morgan fingerprint density at radius 2 is 2.06 bits per heavy atom. The number of rotatable bonds is 4. The van der Waals surface area contributed by atoms with Crippen LogP contribution in [0.15, 0.2) is 6.07 Å². The number of hydrazine groups is 1. The van der Waals surface area contributed by atoms with Gasteiger partial charge in [-0.1, -0.05) is 13.8 Å². The first kappa shape index (κ1) is 13.0. The fourth-order valence-corrected chi connectivity index (χ4v) is 2.23. The second kappa shape index (κ2) is 5.49. The third-order valence-electron chi connectivity index (χ3n) is 3.49. The van der Waals surface area contributed by atoms with Crippen molar-refractivity contribution in [2.75, 3.05) is 30.5 Å². The highest BCUT2D eigenvalue weighted by atomic mass is 16.5. The molecule has 100 valence electrons. The first-order valence-corrected chi connectivity index (χ1v) is 6.22. The Morgan fingerprint density at radius 1 is 1.39 bits per heavy atom. The molecule has 0 saturated carbocycles. The quantitative estimate of drug-likeness (QED) is 0.614. The van der Waals surface area contributed by atoms with E-state index in [0.717, 1.165) is 18.9 Å². The number of nitrogen functional groups attached to an aromatic ring is 1. The van der Waals surface area contributed by atoms with Gasteiger partial charge in [0, 0.05) is 26.3 Å². The zero-order chi connectivity index (χ0) is 13.1. The van der Waals surface area contributed by atoms with Gasteiger partial charge in [-0.15, -0.1) is 0 Å². The standard InChI is InChI=1S/C12H21N5O/c1-8-5-17(6-9(8)2)12-4-10(16-13)14-11(15-12)7-18-3/h4,8-9H,5-7,13H2,1-3H3,(H,14,15,16). The summed E-state index contributed by atoms with van der Waals surface area (Å²) in [6.45, 7) is 6.97. The van der Waals surface area contributed by atoms with Crippen LogP contribution in [0, 0.1) is 11.8 Å². The maximum absolute atomic E-state index is 5.44. The average molecular weight is 251 g/mol. The van der Waals surface area contributed by atoms with Crippen LogP contribution in [0.1, 0.15) is 19.7 Å². The highest BCUT2D eigenvalue weighted by molar-refractivity contribution is 5.49. The van der Waals surface area contributed by atoms with Gasteiger partial charge < -0.3 is 15.1 Å². The Hall–Kier alpha value is -1.40. The molecule has 2 rings (SSSR count). The highest BCUT2D eigenvalue weighted by Gasteiger charge is 2.27. The lowest BCUT2D eigenvalue weighted by Gasteiger charge is -2.18. The zero-order valence-electron chi connectivity index (χ0n) is 11.2. The van der Waals surface area contributed by atoms with Crippen molar-refractivity contribution in [2.45, 2.75) is 20.5 Å². The molecule has 1 fully saturated rings. The van der Waals surface area contributed by atoms with Gasteiger partial charge >= 0.3 is 0 Å². The van der Waals surface area contributed by atoms with Crippen molar-refractivity contribution in [3.63, 3.8) is 0 Å². The van der Waals surface area contributed by atoms with Gasteiger partial charge in [0.2, 0.25) is 0 Å². The number of aromatic nitrogens is 2. The molecule has 0 radical (unpaired) electrons. The summed E-state index contributed by atoms with van der Waals surface area (Å²) < 4.78 is 5.08. The molecule has 2 atom stereocenters. The van der Waals surface area contributed by atoms with Gasteiger partial charge in [-0.25, -0.2) is 15.8 Å². The summed E-state index contributed by atoms with van der Waals surface area (Å²) in [5.74, 6) is 8.99. The first-order valence-electron chi connectivity index (χ1n) is 6.22. The maximum Gasteiger partial charge on any atom is 0.158 e. The lowest BCUT2D eigenvalue weighted by molar-refractivity contribution is 0.178. The van der Waals surface area contributed by atoms with Crippen LogP contribution in [0.25, 0.3) is 0 Å². The van der Waals surface area contributed by atoms with Gasteiger partial charge in [0.25, 0.3) is 0 Å². The van der Waals surface area contributed by atoms with E-state index >= 15 is 0 Å². The Morgan fingerprint density at radius 3 is 2.61 bits per heavy atom. The van der Waals surface area contributed by atoms with E-state index in [1.165, 1.54) is 0 Å². The van der Waals surface area contributed by atoms with Crippen LogP contribution in [0.2, 0.25) is 0 Å². The first-order chi connectivity index (χ1) is 8.63. The van der Waals surface area contributed by atoms with Crippen molar-refractivity contribution in [2.24, 2.45) is 17.7 Å². The minimum Gasteiger partial charge on any atom is -0.377 e. The molecule has 0 aliphatic carbocycles. The monoisotopic (exact) mass is 251 g/mol. The smallest absolute Gasteiger partial charge is 0.158 e. The predicted octanol–water partition coefficient (Wildman–Crippen LogP) is 1.00. The van der Waals surface area contributed by atoms with E-state index in [9.17, 15) is 0 Å². The molecular weight excluding hydrogens is 230 g/mol. The summed E-state index contributed by atoms with van der Waals surface area (Å²) in [6.07, 6.45) is 0. The van der Waals surface area contributed by atoms with Crippen LogP contribution in [-0.4, -0.2) is 30.2 Å². The van der Waals surface area contributed by atoms with E-state index < -0.39 is 0 Å². The van der Waals surface area contributed by atoms with Gasteiger partial charge in [-0.05, 0) is 11.8 Å². The average Bonchev–Trinajstić information content (AvgIpc) is 2.70.